The number of nitrogens with one attached hydrogen (secondary N) is 1. The van der Waals surface area contributed by atoms with Gasteiger partial charge >= 0.3 is 0 Å². The van der Waals surface area contributed by atoms with Gasteiger partial charge in [-0.05, 0) is 86.0 Å². The highest BCUT2D eigenvalue weighted by Crippen LogP contribution is 2.57. The molecule has 7 heteroatoms. The molecule has 0 aliphatic heterocycles. The Morgan fingerprint density at radius 1 is 1.10 bits per heavy atom. The van der Waals surface area contributed by atoms with Crippen molar-refractivity contribution in [3.63, 3.8) is 0 Å². The lowest BCUT2D eigenvalue weighted by molar-refractivity contribution is -0.130. The molecule has 0 unspecified atom stereocenters. The summed E-state index contributed by atoms with van der Waals surface area (Å²) in [6, 6.07) is 7.34. The van der Waals surface area contributed by atoms with Crippen LogP contribution in [0.4, 0.5) is 0 Å². The molecule has 1 heterocycles. The van der Waals surface area contributed by atoms with Crippen LogP contribution in [0, 0.1) is 29.6 Å². The number of amides is 1. The Bertz CT molecular complexity index is 1270. The number of rotatable bonds is 10. The van der Waals surface area contributed by atoms with Crippen LogP contribution in [0.3, 0.4) is 0 Å². The van der Waals surface area contributed by atoms with E-state index >= 15 is 0 Å². The maximum absolute atomic E-state index is 13.9. The molecule has 4 aliphatic carbocycles. The van der Waals surface area contributed by atoms with Crippen LogP contribution < -0.4 is 14.8 Å². The minimum atomic E-state index is -0.823. The average Bonchev–Trinajstić information content (AvgIpc) is 3.37. The monoisotopic (exact) mass is 529 g/mol. The van der Waals surface area contributed by atoms with Crippen molar-refractivity contribution in [2.24, 2.45) is 29.6 Å². The van der Waals surface area contributed by atoms with Crippen LogP contribution in [-0.4, -0.2) is 41.7 Å². The van der Waals surface area contributed by atoms with Gasteiger partial charge < -0.3 is 19.6 Å². The fourth-order valence-corrected chi connectivity index (χ4v) is 7.33. The first-order valence-corrected chi connectivity index (χ1v) is 13.9. The van der Waals surface area contributed by atoms with Crippen molar-refractivity contribution in [3.05, 3.63) is 60.8 Å². The van der Waals surface area contributed by atoms with Crippen LogP contribution in [-0.2, 0) is 4.79 Å². The number of hydrogen-bond donors (Lipinski definition) is 1. The number of carbonyl (C=O) groups excluding carboxylic acids is 2. The molecule has 1 aromatic heterocycles. The molecule has 1 aromatic carbocycles. The normalized spacial score (nSPS) is 27.7. The second kappa shape index (κ2) is 10.9. The summed E-state index contributed by atoms with van der Waals surface area (Å²) in [6.45, 7) is 7.98. The second-order valence-electron chi connectivity index (χ2n) is 11.6. The average molecular weight is 530 g/mol. The zero-order valence-electron chi connectivity index (χ0n) is 23.4. The molecule has 2 aromatic rings. The zero-order valence-corrected chi connectivity index (χ0v) is 23.4. The van der Waals surface area contributed by atoms with Gasteiger partial charge in [-0.1, -0.05) is 44.7 Å². The lowest BCUT2D eigenvalue weighted by Gasteiger charge is -2.59. The SMILES string of the molecule is C=C/C=C\C(=C\C(C)C)n1nc(C(=O)NC2(C=O)C3CC4CC(C3)CC2C4)cc1-c1c(OC)cccc1OC. The van der Waals surface area contributed by atoms with E-state index in [1.165, 1.54) is 6.42 Å². The van der Waals surface area contributed by atoms with Crippen LogP contribution in [0.5, 0.6) is 11.5 Å². The van der Waals surface area contributed by atoms with Crippen molar-refractivity contribution in [2.75, 3.05) is 14.2 Å². The molecule has 7 nitrogen and oxygen atoms in total. The lowest BCUT2D eigenvalue weighted by Crippen LogP contribution is -2.67. The molecule has 0 atom stereocenters. The van der Waals surface area contributed by atoms with Crippen molar-refractivity contribution in [1.29, 1.82) is 0 Å². The van der Waals surface area contributed by atoms with Crippen LogP contribution >= 0.6 is 0 Å². The number of ether oxygens (including phenoxy) is 2. The van der Waals surface area contributed by atoms with Gasteiger partial charge in [-0.2, -0.15) is 5.10 Å². The van der Waals surface area contributed by atoms with E-state index in [9.17, 15) is 9.59 Å². The van der Waals surface area contributed by atoms with E-state index in [1.807, 2.05) is 30.4 Å². The van der Waals surface area contributed by atoms with Gasteiger partial charge in [-0.25, -0.2) is 4.68 Å². The van der Waals surface area contributed by atoms with Crippen LogP contribution in [0.25, 0.3) is 17.0 Å². The van der Waals surface area contributed by atoms with Crippen molar-refractivity contribution in [1.82, 2.24) is 15.1 Å². The Kier molecular flexibility index (Phi) is 7.52. The molecular formula is C32H39N3O4. The van der Waals surface area contributed by atoms with Gasteiger partial charge in [0.25, 0.3) is 5.91 Å². The largest absolute Gasteiger partial charge is 0.496 e. The lowest BCUT2D eigenvalue weighted by atomic mass is 9.49. The third-order valence-electron chi connectivity index (χ3n) is 8.79. The first kappa shape index (κ1) is 27.0. The Morgan fingerprint density at radius 3 is 2.23 bits per heavy atom. The number of methoxy groups -OCH3 is 2. The first-order valence-electron chi connectivity index (χ1n) is 13.9. The molecule has 0 radical (unpaired) electrons. The number of aromatic nitrogens is 2. The standard InChI is InChI=1S/C32H39N3O4/c1-6-7-9-25(12-20(2)3)35-27(30-28(38-4)10-8-11-29(30)39-5)18-26(34-35)31(37)33-32(19-36)23-14-21-13-22(16-23)17-24(32)15-21/h6-12,18-24H,1,13-17H2,2-5H3,(H,33,37)/b9-7-,25-12-. The second-order valence-corrected chi connectivity index (χ2v) is 11.6. The zero-order chi connectivity index (χ0) is 27.7. The van der Waals surface area contributed by atoms with Gasteiger partial charge in [-0.3, -0.25) is 4.79 Å². The molecule has 0 saturated heterocycles. The van der Waals surface area contributed by atoms with Crippen molar-refractivity contribution < 1.29 is 19.1 Å². The minimum Gasteiger partial charge on any atom is -0.496 e. The van der Waals surface area contributed by atoms with Crippen molar-refractivity contribution in [2.45, 2.75) is 51.5 Å². The van der Waals surface area contributed by atoms with Gasteiger partial charge in [0.1, 0.15) is 23.3 Å². The number of carbonyl (C=O) groups is 2. The first-order chi connectivity index (χ1) is 18.8. The van der Waals surface area contributed by atoms with Gasteiger partial charge in [0, 0.05) is 0 Å². The number of allylic oxidation sites excluding steroid dienone is 5. The van der Waals surface area contributed by atoms with E-state index in [1.54, 1.807) is 31.0 Å². The van der Waals surface area contributed by atoms with E-state index in [-0.39, 0.29) is 29.4 Å². The molecule has 4 bridgehead atoms. The van der Waals surface area contributed by atoms with Crippen LogP contribution in [0.2, 0.25) is 0 Å². The fourth-order valence-electron chi connectivity index (χ4n) is 7.33. The minimum absolute atomic E-state index is 0.193. The third-order valence-corrected chi connectivity index (χ3v) is 8.79. The summed E-state index contributed by atoms with van der Waals surface area (Å²) in [4.78, 5) is 26.6. The highest BCUT2D eigenvalue weighted by Gasteiger charge is 2.58. The summed E-state index contributed by atoms with van der Waals surface area (Å²) < 4.78 is 13.2. The summed E-state index contributed by atoms with van der Waals surface area (Å²) in [5.41, 5.74) is 1.55. The summed E-state index contributed by atoms with van der Waals surface area (Å²) in [7, 11) is 3.21. The Hall–Kier alpha value is -3.61. The number of hydrogen-bond acceptors (Lipinski definition) is 5. The van der Waals surface area contributed by atoms with E-state index < -0.39 is 5.54 Å². The van der Waals surface area contributed by atoms with E-state index in [0.717, 1.165) is 37.7 Å². The van der Waals surface area contributed by atoms with Gasteiger partial charge in [0.05, 0.1) is 31.2 Å². The number of aldehydes is 1. The predicted octanol–water partition coefficient (Wildman–Crippen LogP) is 5.93. The smallest absolute Gasteiger partial charge is 0.272 e. The quantitative estimate of drug-likeness (QED) is 0.305. The summed E-state index contributed by atoms with van der Waals surface area (Å²) in [5.74, 6) is 2.84. The molecule has 6 rings (SSSR count). The molecule has 1 N–H and O–H groups in total. The Balaban J connectivity index is 1.61. The third kappa shape index (κ3) is 4.83. The topological polar surface area (TPSA) is 82.5 Å². The molecular weight excluding hydrogens is 490 g/mol. The Labute approximate surface area is 231 Å². The predicted molar refractivity (Wildman–Crippen MR) is 153 cm³/mol. The maximum Gasteiger partial charge on any atom is 0.272 e. The molecule has 0 spiro atoms. The number of benzene rings is 1. The van der Waals surface area contributed by atoms with Gasteiger partial charge in [0.15, 0.2) is 5.69 Å². The van der Waals surface area contributed by atoms with Gasteiger partial charge in [-0.15, -0.1) is 0 Å². The summed E-state index contributed by atoms with van der Waals surface area (Å²) >= 11 is 0. The maximum atomic E-state index is 13.9. The number of nitrogens with zero attached hydrogens (tertiary/aromatic N) is 2. The van der Waals surface area contributed by atoms with Gasteiger partial charge in [0.2, 0.25) is 0 Å². The summed E-state index contributed by atoms with van der Waals surface area (Å²) in [6.07, 6.45) is 13.9. The molecule has 1 amide bonds. The molecule has 4 saturated carbocycles. The highest BCUT2D eigenvalue weighted by atomic mass is 16.5. The van der Waals surface area contributed by atoms with Crippen molar-refractivity contribution >= 4 is 17.9 Å². The molecule has 39 heavy (non-hydrogen) atoms. The highest BCUT2D eigenvalue weighted by molar-refractivity contribution is 5.97. The van der Waals surface area contributed by atoms with E-state index in [2.05, 4.69) is 31.8 Å². The molecule has 206 valence electrons. The van der Waals surface area contributed by atoms with Crippen LogP contribution in [0.1, 0.15) is 56.4 Å². The van der Waals surface area contributed by atoms with E-state index in [0.29, 0.717) is 34.6 Å². The van der Waals surface area contributed by atoms with E-state index in [4.69, 9.17) is 14.6 Å². The Morgan fingerprint density at radius 2 is 1.72 bits per heavy atom. The van der Waals surface area contributed by atoms with Crippen molar-refractivity contribution in [3.8, 4) is 22.8 Å². The molecule has 4 fully saturated rings. The fraction of sp³-hybridized carbons (Fsp3) is 0.469. The summed E-state index contributed by atoms with van der Waals surface area (Å²) in [5, 5.41) is 8.03. The molecule has 4 aliphatic rings. The van der Waals surface area contributed by atoms with Crippen LogP contribution in [0.15, 0.2) is 55.1 Å².